The Morgan fingerprint density at radius 1 is 0.411 bits per heavy atom. The number of unbranched alkanes of at least 4 members (excludes halogenated alkanes) is 24. The van der Waals surface area contributed by atoms with Crippen molar-refractivity contribution >= 4 is 34.2 Å². The van der Waals surface area contributed by atoms with Gasteiger partial charge in [-0.3, -0.25) is 0 Å². The molecule has 0 spiro atoms. The number of rotatable bonds is 55. The second-order valence-corrected chi connectivity index (χ2v) is 37.9. The Morgan fingerprint density at radius 2 is 0.753 bits per heavy atom. The van der Waals surface area contributed by atoms with Gasteiger partial charge in [0.15, 0.2) is 0 Å². The largest absolute Gasteiger partial charge is 0.415 e. The summed E-state index contributed by atoms with van der Waals surface area (Å²) in [6.45, 7) is 34.5. The van der Waals surface area contributed by atoms with Gasteiger partial charge in [-0.15, -0.1) is 0 Å². The molecule has 0 saturated carbocycles. The molecule has 73 heavy (non-hydrogen) atoms. The summed E-state index contributed by atoms with van der Waals surface area (Å²) in [5.74, 6) is 0. The first kappa shape index (κ1) is 71.5. The Labute approximate surface area is 460 Å². The normalized spacial score (nSPS) is 16.1. The summed E-state index contributed by atoms with van der Waals surface area (Å²) in [4.78, 5) is 5.37. The first-order valence-electron chi connectivity index (χ1n) is 31.7. The molecule has 14 heteroatoms. The van der Waals surface area contributed by atoms with E-state index < -0.39 is 34.2 Å². The van der Waals surface area contributed by atoms with Gasteiger partial charge < -0.3 is 45.2 Å². The van der Waals surface area contributed by atoms with Crippen LogP contribution in [0.5, 0.6) is 0 Å². The van der Waals surface area contributed by atoms with E-state index in [1.807, 2.05) is 0 Å². The predicted octanol–water partition coefficient (Wildman–Crippen LogP) is 17.9. The van der Waals surface area contributed by atoms with Crippen LogP contribution in [0.2, 0.25) is 52.4 Å². The lowest BCUT2D eigenvalue weighted by molar-refractivity contribution is -0.101. The second kappa shape index (κ2) is 45.2. The fraction of sp³-hybridized carbons (Fsp3) is 1.00. The van der Waals surface area contributed by atoms with E-state index in [9.17, 15) is 0 Å². The van der Waals surface area contributed by atoms with Crippen LogP contribution >= 0.6 is 0 Å². The number of nitrogens with zero attached hydrogens (tertiary/aromatic N) is 2. The highest BCUT2D eigenvalue weighted by atomic mass is 28.5. The summed E-state index contributed by atoms with van der Waals surface area (Å²) in [5, 5.41) is 0. The molecule has 0 aromatic heterocycles. The van der Waals surface area contributed by atoms with E-state index in [0.717, 1.165) is 96.9 Å². The van der Waals surface area contributed by atoms with E-state index in [4.69, 9.17) is 35.4 Å². The molecule has 438 valence electrons. The highest BCUT2D eigenvalue weighted by Gasteiger charge is 2.39. The average molecular weight is 1110 g/mol. The molecule has 1 heterocycles. The molecule has 0 aliphatic carbocycles. The Bertz CT molecular complexity index is 1150. The van der Waals surface area contributed by atoms with Crippen molar-refractivity contribution < 1.29 is 35.4 Å². The van der Waals surface area contributed by atoms with E-state index in [0.29, 0.717) is 0 Å². The van der Waals surface area contributed by atoms with Crippen LogP contribution in [0.1, 0.15) is 252 Å². The van der Waals surface area contributed by atoms with Crippen LogP contribution in [-0.2, 0) is 35.4 Å². The molecule has 1 fully saturated rings. The van der Waals surface area contributed by atoms with Crippen LogP contribution in [0.3, 0.4) is 0 Å². The molecule has 1 aliphatic rings. The van der Waals surface area contributed by atoms with Crippen molar-refractivity contribution in [3.8, 4) is 0 Å². The third kappa shape index (κ3) is 43.0. The van der Waals surface area contributed by atoms with E-state index >= 15 is 0 Å². The maximum absolute atomic E-state index is 6.85. The molecule has 0 radical (unpaired) electrons. The fourth-order valence-electron chi connectivity index (χ4n) is 10.5. The molecule has 0 bridgehead atoms. The van der Waals surface area contributed by atoms with Gasteiger partial charge in [0.2, 0.25) is 0 Å². The van der Waals surface area contributed by atoms with Crippen molar-refractivity contribution in [1.82, 2.24) is 9.80 Å². The summed E-state index contributed by atoms with van der Waals surface area (Å²) in [7, 11) is -7.30. The quantitative estimate of drug-likeness (QED) is 0.0334. The smallest absolute Gasteiger partial charge is 0.324 e. The minimum Gasteiger partial charge on any atom is -0.415 e. The Kier molecular flexibility index (Phi) is 44.3. The molecule has 1 saturated heterocycles. The van der Waals surface area contributed by atoms with Crippen molar-refractivity contribution in [2.75, 3.05) is 59.7 Å². The van der Waals surface area contributed by atoms with Crippen molar-refractivity contribution in [2.45, 2.75) is 323 Å². The SMILES string of the molecule is CCCCCCCCOC(CCCCCN(CCCCCC(OCCCCCCCC)O[Si](C)(C)O[Si](C)(C)OCCCCCCCC)CCC1CCCN1C)O[Si](C)(C)O[Si](C)(C)OCCCCCCCC. The lowest BCUT2D eigenvalue weighted by Gasteiger charge is -2.35. The van der Waals surface area contributed by atoms with Crippen LogP contribution in [0.4, 0.5) is 0 Å². The van der Waals surface area contributed by atoms with Gasteiger partial charge in [0.05, 0.1) is 0 Å². The maximum Gasteiger partial charge on any atom is 0.324 e. The standard InChI is InChI=1S/C59H128N2O8Si4/c1-14-18-22-26-30-40-53-62-58(66-72(10,11)68-70(6,7)64-55-42-32-28-24-20-16-3)46-36-34-38-50-61(52-48-57-45-44-49-60(57)5)51-39-35-37-47-59(63-54-41-31-27-23-19-15-2)67-73(12,13)69-71(8,9)65-56-43-33-29-25-21-17-4/h57-59H,14-56H2,1-13H3. The lowest BCUT2D eigenvalue weighted by Crippen LogP contribution is -2.50. The molecule has 1 aliphatic heterocycles. The summed E-state index contributed by atoms with van der Waals surface area (Å²) in [6.07, 6.45) is 42.7. The summed E-state index contributed by atoms with van der Waals surface area (Å²) in [6, 6.07) is 0.721. The van der Waals surface area contributed by atoms with E-state index in [2.05, 4.69) is 96.9 Å². The van der Waals surface area contributed by atoms with Gasteiger partial charge in [0, 0.05) is 32.5 Å². The molecule has 0 aromatic carbocycles. The van der Waals surface area contributed by atoms with Crippen LogP contribution < -0.4 is 0 Å². The van der Waals surface area contributed by atoms with Gasteiger partial charge >= 0.3 is 34.2 Å². The molecule has 0 amide bonds. The van der Waals surface area contributed by atoms with Crippen molar-refractivity contribution in [3.63, 3.8) is 0 Å². The van der Waals surface area contributed by atoms with E-state index in [1.165, 1.54) is 186 Å². The lowest BCUT2D eigenvalue weighted by atomic mass is 10.1. The van der Waals surface area contributed by atoms with Crippen LogP contribution in [0.25, 0.3) is 0 Å². The van der Waals surface area contributed by atoms with Gasteiger partial charge in [-0.1, -0.05) is 169 Å². The molecule has 3 atom stereocenters. The van der Waals surface area contributed by atoms with Gasteiger partial charge in [0.25, 0.3) is 0 Å². The monoisotopic (exact) mass is 1100 g/mol. The number of likely N-dealkylation sites (tertiary alicyclic amines) is 1. The first-order valence-corrected chi connectivity index (χ1v) is 42.9. The van der Waals surface area contributed by atoms with Crippen molar-refractivity contribution in [3.05, 3.63) is 0 Å². The minimum atomic E-state index is -2.49. The number of hydrogen-bond acceptors (Lipinski definition) is 10. The second-order valence-electron chi connectivity index (χ2n) is 24.0. The molecule has 3 unspecified atom stereocenters. The topological polar surface area (TPSA) is 80.3 Å². The predicted molar refractivity (Wildman–Crippen MR) is 323 cm³/mol. The van der Waals surface area contributed by atoms with Gasteiger partial charge in [0.1, 0.15) is 12.6 Å². The molecule has 10 nitrogen and oxygen atoms in total. The number of hydrogen-bond donors (Lipinski definition) is 0. The third-order valence-corrected chi connectivity index (χ3v) is 25.9. The molecular formula is C59H128N2O8Si4. The molecular weight excluding hydrogens is 977 g/mol. The van der Waals surface area contributed by atoms with Crippen molar-refractivity contribution in [1.29, 1.82) is 0 Å². The van der Waals surface area contributed by atoms with E-state index in [1.54, 1.807) is 0 Å². The van der Waals surface area contributed by atoms with Gasteiger partial charge in [-0.25, -0.2) is 0 Å². The van der Waals surface area contributed by atoms with Gasteiger partial charge in [-0.05, 0) is 169 Å². The number of ether oxygens (including phenoxy) is 2. The Hall–Kier alpha value is 0.468. The highest BCUT2D eigenvalue weighted by Crippen LogP contribution is 2.25. The Morgan fingerprint density at radius 3 is 1.11 bits per heavy atom. The molecule has 1 rings (SSSR count). The zero-order chi connectivity index (χ0) is 53.9. The average Bonchev–Trinajstić information content (AvgIpc) is 3.74. The molecule has 0 N–H and O–H groups in total. The van der Waals surface area contributed by atoms with Crippen LogP contribution in [0, 0.1) is 0 Å². The van der Waals surface area contributed by atoms with Crippen LogP contribution in [0.15, 0.2) is 0 Å². The summed E-state index contributed by atoms with van der Waals surface area (Å²) in [5.41, 5.74) is 0. The zero-order valence-corrected chi connectivity index (χ0v) is 55.3. The fourth-order valence-corrected chi connectivity index (χ4v) is 23.8. The summed E-state index contributed by atoms with van der Waals surface area (Å²) >= 11 is 0. The maximum atomic E-state index is 6.85. The van der Waals surface area contributed by atoms with Crippen LogP contribution in [-0.4, -0.2) is 122 Å². The van der Waals surface area contributed by atoms with E-state index in [-0.39, 0.29) is 12.6 Å². The first-order chi connectivity index (χ1) is 35.0. The Balaban J connectivity index is 2.83. The van der Waals surface area contributed by atoms with Crippen molar-refractivity contribution in [2.24, 2.45) is 0 Å². The highest BCUT2D eigenvalue weighted by molar-refractivity contribution is 6.79. The summed E-state index contributed by atoms with van der Waals surface area (Å²) < 4.78 is 53.3. The van der Waals surface area contributed by atoms with Gasteiger partial charge in [-0.2, -0.15) is 0 Å². The minimum absolute atomic E-state index is 0.214. The zero-order valence-electron chi connectivity index (χ0n) is 51.3. The third-order valence-electron chi connectivity index (χ3n) is 14.6. The molecule has 0 aromatic rings.